The number of ether oxygens (including phenoxy) is 1. The van der Waals surface area contributed by atoms with E-state index in [1.165, 1.54) is 4.57 Å². The fraction of sp³-hybridized carbons (Fsp3) is 0.455. The molecule has 0 aliphatic carbocycles. The summed E-state index contributed by atoms with van der Waals surface area (Å²) in [4.78, 5) is 40.4. The predicted molar refractivity (Wildman–Crippen MR) is 115 cm³/mol. The summed E-state index contributed by atoms with van der Waals surface area (Å²) in [6.45, 7) is 3.03. The van der Waals surface area contributed by atoms with Crippen LogP contribution in [0.15, 0.2) is 33.9 Å². The third-order valence-electron chi connectivity index (χ3n) is 5.77. The molecule has 162 valence electrons. The molecule has 31 heavy (non-hydrogen) atoms. The zero-order chi connectivity index (χ0) is 21.8. The molecule has 0 spiro atoms. The van der Waals surface area contributed by atoms with Crippen molar-refractivity contribution in [3.05, 3.63) is 56.4 Å². The fourth-order valence-electron chi connectivity index (χ4n) is 4.14. The Morgan fingerprint density at radius 1 is 1.06 bits per heavy atom. The first kappa shape index (κ1) is 20.9. The van der Waals surface area contributed by atoms with Crippen LogP contribution in [-0.4, -0.2) is 41.3 Å². The Kier molecular flexibility index (Phi) is 6.18. The first-order chi connectivity index (χ1) is 15.1. The zero-order valence-corrected chi connectivity index (χ0v) is 17.3. The van der Waals surface area contributed by atoms with Gasteiger partial charge < -0.3 is 15.0 Å². The summed E-state index contributed by atoms with van der Waals surface area (Å²) >= 11 is 0. The SMILES string of the molecule is N#Cc1c2n(c(=O)n(CC(=O)Nc3ccc(N4CCOCC4)cc3)c1=O)CCCCC2. The molecule has 1 N–H and O–H groups in total. The molecule has 3 heterocycles. The number of amides is 1. The Balaban J connectivity index is 1.52. The van der Waals surface area contributed by atoms with Crippen LogP contribution in [-0.2, 0) is 29.0 Å². The summed E-state index contributed by atoms with van der Waals surface area (Å²) in [6.07, 6.45) is 3.09. The molecule has 0 bridgehead atoms. The summed E-state index contributed by atoms with van der Waals surface area (Å²) in [5.41, 5.74) is 0.845. The van der Waals surface area contributed by atoms with Crippen LogP contribution in [0.5, 0.6) is 0 Å². The van der Waals surface area contributed by atoms with Crippen LogP contribution < -0.4 is 21.5 Å². The first-order valence-corrected chi connectivity index (χ1v) is 10.6. The topological polar surface area (TPSA) is 109 Å². The van der Waals surface area contributed by atoms with E-state index in [9.17, 15) is 19.6 Å². The number of morpholine rings is 1. The van der Waals surface area contributed by atoms with Gasteiger partial charge in [0.25, 0.3) is 5.56 Å². The van der Waals surface area contributed by atoms with E-state index in [1.807, 2.05) is 18.2 Å². The fourth-order valence-corrected chi connectivity index (χ4v) is 4.14. The number of fused-ring (bicyclic) bond motifs is 1. The van der Waals surface area contributed by atoms with E-state index in [4.69, 9.17) is 4.74 Å². The lowest BCUT2D eigenvalue weighted by molar-refractivity contribution is -0.116. The van der Waals surface area contributed by atoms with Gasteiger partial charge in [0.05, 0.1) is 13.2 Å². The number of benzene rings is 1. The Hall–Kier alpha value is -3.38. The van der Waals surface area contributed by atoms with Crippen molar-refractivity contribution in [2.45, 2.75) is 38.8 Å². The number of hydrogen-bond donors (Lipinski definition) is 1. The first-order valence-electron chi connectivity index (χ1n) is 10.6. The van der Waals surface area contributed by atoms with Crippen LogP contribution >= 0.6 is 0 Å². The van der Waals surface area contributed by atoms with Gasteiger partial charge in [-0.25, -0.2) is 9.36 Å². The van der Waals surface area contributed by atoms with E-state index in [-0.39, 0.29) is 5.56 Å². The lowest BCUT2D eigenvalue weighted by Crippen LogP contribution is -2.45. The zero-order valence-electron chi connectivity index (χ0n) is 17.3. The molecule has 4 rings (SSSR count). The van der Waals surface area contributed by atoms with Crippen molar-refractivity contribution >= 4 is 17.3 Å². The number of nitrogens with one attached hydrogen (secondary N) is 1. The van der Waals surface area contributed by atoms with Gasteiger partial charge >= 0.3 is 5.69 Å². The molecule has 0 saturated carbocycles. The molecule has 0 unspecified atom stereocenters. The van der Waals surface area contributed by atoms with Gasteiger partial charge in [0.2, 0.25) is 5.91 Å². The summed E-state index contributed by atoms with van der Waals surface area (Å²) in [5, 5.41) is 12.2. The summed E-state index contributed by atoms with van der Waals surface area (Å²) in [6, 6.07) is 9.35. The number of carbonyl (C=O) groups excluding carboxylic acids is 1. The van der Waals surface area contributed by atoms with Crippen LogP contribution in [0.4, 0.5) is 11.4 Å². The minimum absolute atomic E-state index is 0.0378. The van der Waals surface area contributed by atoms with Crippen LogP contribution in [0.3, 0.4) is 0 Å². The molecular formula is C22H25N5O4. The van der Waals surface area contributed by atoms with Crippen molar-refractivity contribution in [3.63, 3.8) is 0 Å². The highest BCUT2D eigenvalue weighted by Crippen LogP contribution is 2.19. The highest BCUT2D eigenvalue weighted by molar-refractivity contribution is 5.90. The van der Waals surface area contributed by atoms with E-state index in [0.29, 0.717) is 37.6 Å². The second-order valence-electron chi connectivity index (χ2n) is 7.76. The normalized spacial score (nSPS) is 16.2. The van der Waals surface area contributed by atoms with Gasteiger partial charge in [0.1, 0.15) is 18.2 Å². The number of nitriles is 1. The second kappa shape index (κ2) is 9.18. The molecule has 1 amide bonds. The molecule has 2 aliphatic heterocycles. The lowest BCUT2D eigenvalue weighted by atomic mass is 10.1. The lowest BCUT2D eigenvalue weighted by Gasteiger charge is -2.28. The minimum Gasteiger partial charge on any atom is -0.378 e. The number of anilines is 2. The van der Waals surface area contributed by atoms with Gasteiger partial charge in [-0.15, -0.1) is 0 Å². The third kappa shape index (κ3) is 4.39. The van der Waals surface area contributed by atoms with E-state index < -0.39 is 23.7 Å². The average molecular weight is 423 g/mol. The molecule has 9 heteroatoms. The molecule has 1 fully saturated rings. The van der Waals surface area contributed by atoms with Gasteiger partial charge in [-0.1, -0.05) is 6.42 Å². The Morgan fingerprint density at radius 2 is 1.81 bits per heavy atom. The molecule has 0 atom stereocenters. The van der Waals surface area contributed by atoms with Crippen molar-refractivity contribution in [3.8, 4) is 6.07 Å². The standard InChI is InChI=1S/C22H25N5O4/c23-14-18-19-4-2-1-3-9-26(19)22(30)27(21(18)29)15-20(28)24-16-5-7-17(8-6-16)25-10-12-31-13-11-25/h5-8H,1-4,9-13,15H2,(H,24,28). The van der Waals surface area contributed by atoms with Crippen molar-refractivity contribution in [2.75, 3.05) is 36.5 Å². The molecule has 1 saturated heterocycles. The van der Waals surface area contributed by atoms with Crippen molar-refractivity contribution in [1.82, 2.24) is 9.13 Å². The summed E-state index contributed by atoms with van der Waals surface area (Å²) in [7, 11) is 0. The van der Waals surface area contributed by atoms with Gasteiger partial charge in [-0.3, -0.25) is 14.2 Å². The van der Waals surface area contributed by atoms with Gasteiger partial charge in [-0.2, -0.15) is 5.26 Å². The average Bonchev–Trinajstić information content (AvgIpc) is 3.04. The van der Waals surface area contributed by atoms with E-state index in [2.05, 4.69) is 10.2 Å². The van der Waals surface area contributed by atoms with Gasteiger partial charge in [0, 0.05) is 36.7 Å². The summed E-state index contributed by atoms with van der Waals surface area (Å²) in [5.74, 6) is -0.489. The largest absolute Gasteiger partial charge is 0.378 e. The number of rotatable bonds is 4. The number of hydrogen-bond acceptors (Lipinski definition) is 6. The highest BCUT2D eigenvalue weighted by Gasteiger charge is 2.21. The monoisotopic (exact) mass is 423 g/mol. The molecule has 1 aromatic heterocycles. The van der Waals surface area contributed by atoms with Crippen molar-refractivity contribution in [1.29, 1.82) is 5.26 Å². The van der Waals surface area contributed by atoms with E-state index >= 15 is 0 Å². The van der Waals surface area contributed by atoms with Crippen LogP contribution in [0, 0.1) is 11.3 Å². The Labute approximate surface area is 179 Å². The number of aromatic nitrogens is 2. The van der Waals surface area contributed by atoms with Gasteiger partial charge in [-0.05, 0) is 43.5 Å². The maximum Gasteiger partial charge on any atom is 0.331 e. The highest BCUT2D eigenvalue weighted by atomic mass is 16.5. The summed E-state index contributed by atoms with van der Waals surface area (Å²) < 4.78 is 7.71. The maximum atomic E-state index is 12.9. The molecule has 2 aliphatic rings. The minimum atomic E-state index is -0.696. The van der Waals surface area contributed by atoms with Crippen LogP contribution in [0.25, 0.3) is 0 Å². The Morgan fingerprint density at radius 3 is 2.52 bits per heavy atom. The predicted octanol–water partition coefficient (Wildman–Crippen LogP) is 1.08. The van der Waals surface area contributed by atoms with Crippen LogP contribution in [0.1, 0.15) is 30.5 Å². The van der Waals surface area contributed by atoms with Gasteiger partial charge in [0.15, 0.2) is 0 Å². The maximum absolute atomic E-state index is 12.9. The molecular weight excluding hydrogens is 398 g/mol. The second-order valence-corrected chi connectivity index (χ2v) is 7.76. The number of carbonyl (C=O) groups is 1. The molecule has 1 aromatic carbocycles. The molecule has 0 radical (unpaired) electrons. The third-order valence-corrected chi connectivity index (χ3v) is 5.77. The molecule has 2 aromatic rings. The van der Waals surface area contributed by atoms with Crippen molar-refractivity contribution in [2.24, 2.45) is 0 Å². The van der Waals surface area contributed by atoms with E-state index in [1.54, 1.807) is 12.1 Å². The van der Waals surface area contributed by atoms with Crippen LogP contribution in [0.2, 0.25) is 0 Å². The van der Waals surface area contributed by atoms with Crippen molar-refractivity contribution < 1.29 is 9.53 Å². The Bertz CT molecular complexity index is 1120. The quantitative estimate of drug-likeness (QED) is 0.788. The number of nitrogens with zero attached hydrogens (tertiary/aromatic N) is 4. The molecule has 9 nitrogen and oxygen atoms in total. The smallest absolute Gasteiger partial charge is 0.331 e. The van der Waals surface area contributed by atoms with E-state index in [0.717, 1.165) is 42.6 Å².